The Balaban J connectivity index is 1.73. The monoisotopic (exact) mass is 388 g/mol. The molecule has 0 amide bonds. The SMILES string of the molecule is COC(=O)CCCCCSC1=C(C)CCC1/C=C/C(O)Cc1ccccc1. The van der Waals surface area contributed by atoms with Crippen LogP contribution in [-0.2, 0) is 16.0 Å². The first kappa shape index (κ1) is 21.8. The van der Waals surface area contributed by atoms with Gasteiger partial charge in [0.2, 0.25) is 0 Å². The fourth-order valence-electron chi connectivity index (χ4n) is 3.38. The summed E-state index contributed by atoms with van der Waals surface area (Å²) in [6.07, 6.45) is 10.3. The molecular formula is C23H32O3S. The zero-order valence-corrected chi connectivity index (χ0v) is 17.3. The van der Waals surface area contributed by atoms with Gasteiger partial charge in [-0.15, -0.1) is 11.8 Å². The molecule has 2 unspecified atom stereocenters. The van der Waals surface area contributed by atoms with Crippen LogP contribution in [0.2, 0.25) is 0 Å². The summed E-state index contributed by atoms with van der Waals surface area (Å²) in [5.41, 5.74) is 2.65. The molecule has 0 bridgehead atoms. The second-order valence-corrected chi connectivity index (χ2v) is 8.30. The van der Waals surface area contributed by atoms with E-state index in [9.17, 15) is 9.90 Å². The maximum Gasteiger partial charge on any atom is 0.305 e. The van der Waals surface area contributed by atoms with Crippen LogP contribution < -0.4 is 0 Å². The number of thioether (sulfide) groups is 1. The van der Waals surface area contributed by atoms with E-state index in [1.165, 1.54) is 17.6 Å². The molecule has 27 heavy (non-hydrogen) atoms. The van der Waals surface area contributed by atoms with E-state index in [4.69, 9.17) is 0 Å². The van der Waals surface area contributed by atoms with Gasteiger partial charge in [0.1, 0.15) is 0 Å². The van der Waals surface area contributed by atoms with Crippen molar-refractivity contribution in [1.82, 2.24) is 0 Å². The predicted molar refractivity (Wildman–Crippen MR) is 114 cm³/mol. The van der Waals surface area contributed by atoms with Gasteiger partial charge in [-0.25, -0.2) is 0 Å². The number of benzene rings is 1. The van der Waals surface area contributed by atoms with Gasteiger partial charge in [-0.05, 0) is 48.8 Å². The number of hydrogen-bond donors (Lipinski definition) is 1. The van der Waals surface area contributed by atoms with Crippen molar-refractivity contribution in [3.05, 3.63) is 58.5 Å². The summed E-state index contributed by atoms with van der Waals surface area (Å²) in [7, 11) is 1.44. The van der Waals surface area contributed by atoms with E-state index in [2.05, 4.69) is 29.9 Å². The van der Waals surface area contributed by atoms with Gasteiger partial charge < -0.3 is 9.84 Å². The Morgan fingerprint density at radius 1 is 1.30 bits per heavy atom. The largest absolute Gasteiger partial charge is 0.469 e. The third-order valence-corrected chi connectivity index (χ3v) is 6.41. The highest BCUT2D eigenvalue weighted by Crippen LogP contribution is 2.40. The van der Waals surface area contributed by atoms with Crippen molar-refractivity contribution < 1.29 is 14.6 Å². The molecule has 1 aromatic carbocycles. The van der Waals surface area contributed by atoms with Crippen molar-refractivity contribution in [2.45, 2.75) is 58.0 Å². The summed E-state index contributed by atoms with van der Waals surface area (Å²) in [5.74, 6) is 1.41. The van der Waals surface area contributed by atoms with Crippen molar-refractivity contribution in [3.63, 3.8) is 0 Å². The van der Waals surface area contributed by atoms with Crippen molar-refractivity contribution in [3.8, 4) is 0 Å². The van der Waals surface area contributed by atoms with Crippen LogP contribution in [0.15, 0.2) is 53.0 Å². The number of carbonyl (C=O) groups excluding carboxylic acids is 1. The predicted octanol–water partition coefficient (Wildman–Crippen LogP) is 5.30. The smallest absolute Gasteiger partial charge is 0.305 e. The lowest BCUT2D eigenvalue weighted by molar-refractivity contribution is -0.140. The van der Waals surface area contributed by atoms with E-state index < -0.39 is 6.10 Å². The summed E-state index contributed by atoms with van der Waals surface area (Å²) < 4.78 is 4.67. The summed E-state index contributed by atoms with van der Waals surface area (Å²) in [6.45, 7) is 2.23. The van der Waals surface area contributed by atoms with E-state index in [-0.39, 0.29) is 5.97 Å². The first-order valence-electron chi connectivity index (χ1n) is 9.89. The molecule has 4 heteroatoms. The summed E-state index contributed by atoms with van der Waals surface area (Å²) in [4.78, 5) is 12.6. The fourth-order valence-corrected chi connectivity index (χ4v) is 4.70. The van der Waals surface area contributed by atoms with Gasteiger partial charge in [0.25, 0.3) is 0 Å². The number of ether oxygens (including phenoxy) is 1. The number of aliphatic hydroxyl groups is 1. The molecule has 2 rings (SSSR count). The lowest BCUT2D eigenvalue weighted by atomic mass is 10.0. The molecule has 0 saturated heterocycles. The van der Waals surface area contributed by atoms with Crippen LogP contribution >= 0.6 is 11.8 Å². The average molecular weight is 389 g/mol. The minimum atomic E-state index is -0.433. The number of esters is 1. The Labute approximate surface area is 167 Å². The van der Waals surface area contributed by atoms with Crippen molar-refractivity contribution in [2.75, 3.05) is 12.9 Å². The van der Waals surface area contributed by atoms with Crippen LogP contribution in [0.25, 0.3) is 0 Å². The highest BCUT2D eigenvalue weighted by atomic mass is 32.2. The maximum absolute atomic E-state index is 11.1. The number of carbonyl (C=O) groups is 1. The lowest BCUT2D eigenvalue weighted by Crippen LogP contribution is -2.07. The fraction of sp³-hybridized carbons (Fsp3) is 0.522. The minimum Gasteiger partial charge on any atom is -0.469 e. The van der Waals surface area contributed by atoms with E-state index in [0.29, 0.717) is 18.8 Å². The van der Waals surface area contributed by atoms with Crippen LogP contribution in [0.3, 0.4) is 0 Å². The lowest BCUT2D eigenvalue weighted by Gasteiger charge is -2.12. The average Bonchev–Trinajstić information content (AvgIpc) is 3.03. The molecule has 1 aliphatic carbocycles. The minimum absolute atomic E-state index is 0.115. The molecule has 0 aliphatic heterocycles. The quantitative estimate of drug-likeness (QED) is 0.317. The summed E-state index contributed by atoms with van der Waals surface area (Å²) >= 11 is 1.95. The molecule has 0 fully saturated rings. The number of aliphatic hydroxyl groups excluding tert-OH is 1. The van der Waals surface area contributed by atoms with E-state index in [1.54, 1.807) is 0 Å². The van der Waals surface area contributed by atoms with E-state index in [1.807, 2.05) is 36.0 Å². The normalized spacial score (nSPS) is 18.3. The van der Waals surface area contributed by atoms with Crippen LogP contribution in [0.1, 0.15) is 51.0 Å². The number of hydrogen-bond acceptors (Lipinski definition) is 4. The van der Waals surface area contributed by atoms with Gasteiger partial charge in [-0.3, -0.25) is 4.79 Å². The Kier molecular flexibility index (Phi) is 9.71. The molecule has 0 heterocycles. The topological polar surface area (TPSA) is 46.5 Å². The van der Waals surface area contributed by atoms with Gasteiger partial charge in [-0.2, -0.15) is 0 Å². The standard InChI is InChI=1S/C23H32O3S/c1-18-12-13-20(14-15-21(24)17-19-9-5-3-6-10-19)23(18)27-16-8-4-7-11-22(25)26-2/h3,5-6,9-10,14-15,20-21,24H,4,7-8,11-13,16-17H2,1-2H3/b15-14+. The van der Waals surface area contributed by atoms with Crippen molar-refractivity contribution in [2.24, 2.45) is 5.92 Å². The van der Waals surface area contributed by atoms with Crippen molar-refractivity contribution >= 4 is 17.7 Å². The molecule has 0 radical (unpaired) electrons. The van der Waals surface area contributed by atoms with Gasteiger partial charge >= 0.3 is 5.97 Å². The molecule has 1 N–H and O–H groups in total. The third-order valence-electron chi connectivity index (χ3n) is 4.95. The van der Waals surface area contributed by atoms with Crippen LogP contribution in [0.5, 0.6) is 0 Å². The van der Waals surface area contributed by atoms with Crippen LogP contribution in [0, 0.1) is 5.92 Å². The molecule has 1 aromatic rings. The highest BCUT2D eigenvalue weighted by Gasteiger charge is 2.21. The third kappa shape index (κ3) is 7.94. The van der Waals surface area contributed by atoms with E-state index >= 15 is 0 Å². The second-order valence-electron chi connectivity index (χ2n) is 7.17. The second kappa shape index (κ2) is 12.0. The molecule has 0 spiro atoms. The molecule has 0 saturated carbocycles. The molecule has 3 nitrogen and oxygen atoms in total. The Morgan fingerprint density at radius 2 is 2.07 bits per heavy atom. The Hall–Kier alpha value is -1.52. The number of unbranched alkanes of at least 4 members (excludes halogenated alkanes) is 2. The first-order chi connectivity index (χ1) is 13.1. The van der Waals surface area contributed by atoms with Crippen molar-refractivity contribution in [1.29, 1.82) is 0 Å². The molecular weight excluding hydrogens is 356 g/mol. The van der Waals surface area contributed by atoms with Gasteiger partial charge in [0, 0.05) is 18.8 Å². The Morgan fingerprint density at radius 3 is 2.81 bits per heavy atom. The van der Waals surface area contributed by atoms with Crippen LogP contribution in [-0.4, -0.2) is 30.0 Å². The highest BCUT2D eigenvalue weighted by molar-refractivity contribution is 8.03. The molecule has 1 aliphatic rings. The number of allylic oxidation sites excluding steroid dienone is 3. The van der Waals surface area contributed by atoms with Gasteiger partial charge in [0.05, 0.1) is 13.2 Å². The molecule has 2 atom stereocenters. The zero-order chi connectivity index (χ0) is 19.5. The van der Waals surface area contributed by atoms with E-state index in [0.717, 1.165) is 43.4 Å². The molecule has 0 aromatic heterocycles. The number of rotatable bonds is 11. The van der Waals surface area contributed by atoms with Gasteiger partial charge in [0.15, 0.2) is 0 Å². The summed E-state index contributed by atoms with van der Waals surface area (Å²) in [6, 6.07) is 10.1. The maximum atomic E-state index is 11.1. The summed E-state index contributed by atoms with van der Waals surface area (Å²) in [5, 5.41) is 10.3. The first-order valence-corrected chi connectivity index (χ1v) is 10.9. The van der Waals surface area contributed by atoms with Crippen LogP contribution in [0.4, 0.5) is 0 Å². The molecule has 148 valence electrons. The van der Waals surface area contributed by atoms with Gasteiger partial charge in [-0.1, -0.05) is 54.5 Å². The Bertz CT molecular complexity index is 636. The number of methoxy groups -OCH3 is 1. The zero-order valence-electron chi connectivity index (χ0n) is 16.5.